The third-order valence-corrected chi connectivity index (χ3v) is 4.97. The lowest BCUT2D eigenvalue weighted by Gasteiger charge is -2.16. The standard InChI is InChI=1S/C17H19N3O/c1-20(10-11-8-18-19-9-11)17(21)16-14-7-6-12-4-2-3-5-13(12)15(14)16/h2-5,8-9,14-16H,6-7,10H2,1H3,(H,18,19). The molecule has 4 heteroatoms. The summed E-state index contributed by atoms with van der Waals surface area (Å²) in [7, 11) is 1.89. The van der Waals surface area contributed by atoms with Crippen LogP contribution in [0.3, 0.4) is 0 Å². The van der Waals surface area contributed by atoms with Gasteiger partial charge >= 0.3 is 0 Å². The number of rotatable bonds is 3. The van der Waals surface area contributed by atoms with Crippen LogP contribution in [0, 0.1) is 11.8 Å². The van der Waals surface area contributed by atoms with E-state index in [9.17, 15) is 4.79 Å². The molecule has 3 atom stereocenters. The smallest absolute Gasteiger partial charge is 0.226 e. The molecule has 3 unspecified atom stereocenters. The largest absolute Gasteiger partial charge is 0.341 e. The van der Waals surface area contributed by atoms with E-state index >= 15 is 0 Å². The van der Waals surface area contributed by atoms with Gasteiger partial charge in [0.1, 0.15) is 0 Å². The molecule has 0 bridgehead atoms. The topological polar surface area (TPSA) is 49.0 Å². The summed E-state index contributed by atoms with van der Waals surface area (Å²) in [5, 5.41) is 6.73. The van der Waals surface area contributed by atoms with E-state index in [2.05, 4.69) is 34.5 Å². The molecule has 1 aromatic carbocycles. The van der Waals surface area contributed by atoms with E-state index in [4.69, 9.17) is 0 Å². The number of hydrogen-bond acceptors (Lipinski definition) is 2. The number of H-pyrrole nitrogens is 1. The Morgan fingerprint density at radius 1 is 1.43 bits per heavy atom. The number of fused-ring (bicyclic) bond motifs is 3. The molecule has 0 saturated heterocycles. The molecule has 2 aromatic rings. The highest BCUT2D eigenvalue weighted by molar-refractivity contribution is 5.84. The van der Waals surface area contributed by atoms with Crippen LogP contribution in [-0.2, 0) is 17.8 Å². The summed E-state index contributed by atoms with van der Waals surface area (Å²) in [6.07, 6.45) is 5.89. The Morgan fingerprint density at radius 2 is 2.29 bits per heavy atom. The minimum absolute atomic E-state index is 0.186. The van der Waals surface area contributed by atoms with Crippen molar-refractivity contribution >= 4 is 5.91 Å². The van der Waals surface area contributed by atoms with Crippen molar-refractivity contribution in [3.05, 3.63) is 53.3 Å². The highest BCUT2D eigenvalue weighted by Gasteiger charge is 2.57. The summed E-state index contributed by atoms with van der Waals surface area (Å²) in [6, 6.07) is 8.61. The first-order valence-corrected chi connectivity index (χ1v) is 7.56. The number of carbonyl (C=O) groups is 1. The maximum Gasteiger partial charge on any atom is 0.226 e. The first-order valence-electron chi connectivity index (χ1n) is 7.56. The monoisotopic (exact) mass is 281 g/mol. The van der Waals surface area contributed by atoms with Crippen molar-refractivity contribution in [1.29, 1.82) is 0 Å². The maximum absolute atomic E-state index is 12.7. The van der Waals surface area contributed by atoms with Gasteiger partial charge in [-0.3, -0.25) is 9.89 Å². The second-order valence-corrected chi connectivity index (χ2v) is 6.25. The van der Waals surface area contributed by atoms with Crippen LogP contribution in [0.2, 0.25) is 0 Å². The zero-order valence-electron chi connectivity index (χ0n) is 12.1. The third kappa shape index (κ3) is 2.06. The van der Waals surface area contributed by atoms with Crippen LogP contribution in [-0.4, -0.2) is 28.1 Å². The van der Waals surface area contributed by atoms with Gasteiger partial charge in [-0.05, 0) is 35.8 Å². The predicted octanol–water partition coefficient (Wildman–Crippen LogP) is 2.34. The van der Waals surface area contributed by atoms with Gasteiger partial charge in [-0.1, -0.05) is 24.3 Å². The molecule has 0 aliphatic heterocycles. The van der Waals surface area contributed by atoms with Gasteiger partial charge in [0.25, 0.3) is 0 Å². The first-order chi connectivity index (χ1) is 10.3. The quantitative estimate of drug-likeness (QED) is 0.938. The van der Waals surface area contributed by atoms with Gasteiger partial charge in [0.2, 0.25) is 5.91 Å². The van der Waals surface area contributed by atoms with Crippen molar-refractivity contribution in [3.63, 3.8) is 0 Å². The number of nitrogens with zero attached hydrogens (tertiary/aromatic N) is 2. The number of nitrogens with one attached hydrogen (secondary N) is 1. The molecule has 0 radical (unpaired) electrons. The van der Waals surface area contributed by atoms with Gasteiger partial charge in [-0.2, -0.15) is 5.10 Å². The maximum atomic E-state index is 12.7. The Balaban J connectivity index is 1.50. The van der Waals surface area contributed by atoms with Crippen molar-refractivity contribution in [2.45, 2.75) is 25.3 Å². The Morgan fingerprint density at radius 3 is 3.10 bits per heavy atom. The highest BCUT2D eigenvalue weighted by Crippen LogP contribution is 2.60. The van der Waals surface area contributed by atoms with Gasteiger partial charge in [0.05, 0.1) is 6.20 Å². The van der Waals surface area contributed by atoms with E-state index in [0.717, 1.165) is 18.4 Å². The molecule has 1 aromatic heterocycles. The summed E-state index contributed by atoms with van der Waals surface area (Å²) in [6.45, 7) is 0.632. The summed E-state index contributed by atoms with van der Waals surface area (Å²) >= 11 is 0. The molecular formula is C17H19N3O. The zero-order valence-corrected chi connectivity index (χ0v) is 12.1. The van der Waals surface area contributed by atoms with Crippen LogP contribution < -0.4 is 0 Å². The van der Waals surface area contributed by atoms with Crippen LogP contribution in [0.5, 0.6) is 0 Å². The predicted molar refractivity (Wildman–Crippen MR) is 79.5 cm³/mol. The normalized spacial score (nSPS) is 25.9. The molecule has 1 N–H and O–H groups in total. The van der Waals surface area contributed by atoms with Gasteiger partial charge in [0.15, 0.2) is 0 Å². The van der Waals surface area contributed by atoms with Crippen LogP contribution in [0.4, 0.5) is 0 Å². The fourth-order valence-corrected chi connectivity index (χ4v) is 3.87. The number of amides is 1. The molecule has 1 fully saturated rings. The fourth-order valence-electron chi connectivity index (χ4n) is 3.87. The van der Waals surface area contributed by atoms with Crippen molar-refractivity contribution in [1.82, 2.24) is 15.1 Å². The Hall–Kier alpha value is -2.10. The molecular weight excluding hydrogens is 262 g/mol. The molecule has 2 aliphatic rings. The molecule has 4 rings (SSSR count). The minimum Gasteiger partial charge on any atom is -0.341 e. The Labute approximate surface area is 124 Å². The SMILES string of the molecule is CN(Cc1cn[nH]c1)C(=O)C1C2CCc3ccccc3C21. The third-order valence-electron chi connectivity index (χ3n) is 4.97. The number of aromatic amines is 1. The number of hydrogen-bond donors (Lipinski definition) is 1. The van der Waals surface area contributed by atoms with Crippen molar-refractivity contribution in [2.24, 2.45) is 11.8 Å². The van der Waals surface area contributed by atoms with Gasteiger partial charge in [-0.25, -0.2) is 0 Å². The summed E-state index contributed by atoms with van der Waals surface area (Å²) < 4.78 is 0. The molecule has 1 amide bonds. The number of carbonyl (C=O) groups excluding carboxylic acids is 1. The lowest BCUT2D eigenvalue weighted by molar-refractivity contribution is -0.132. The lowest BCUT2D eigenvalue weighted by atomic mass is 9.92. The Kier molecular flexibility index (Phi) is 2.84. The van der Waals surface area contributed by atoms with E-state index in [1.165, 1.54) is 11.1 Å². The average molecular weight is 281 g/mol. The molecule has 4 nitrogen and oxygen atoms in total. The van der Waals surface area contributed by atoms with Crippen molar-refractivity contribution in [2.75, 3.05) is 7.05 Å². The average Bonchev–Trinajstić information content (AvgIpc) is 3.04. The summed E-state index contributed by atoms with van der Waals surface area (Å²) in [5.74, 6) is 1.47. The second-order valence-electron chi connectivity index (χ2n) is 6.25. The summed E-state index contributed by atoms with van der Waals surface area (Å²) in [5.41, 5.74) is 3.89. The van der Waals surface area contributed by atoms with E-state index in [1.807, 2.05) is 18.1 Å². The van der Waals surface area contributed by atoms with E-state index in [0.29, 0.717) is 18.4 Å². The molecule has 1 heterocycles. The van der Waals surface area contributed by atoms with Crippen LogP contribution in [0.1, 0.15) is 29.0 Å². The highest BCUT2D eigenvalue weighted by atomic mass is 16.2. The molecule has 2 aliphatic carbocycles. The lowest BCUT2D eigenvalue weighted by Crippen LogP contribution is -2.28. The second kappa shape index (κ2) is 4.72. The van der Waals surface area contributed by atoms with E-state index in [1.54, 1.807) is 6.20 Å². The first kappa shape index (κ1) is 12.6. The summed E-state index contributed by atoms with van der Waals surface area (Å²) in [4.78, 5) is 14.5. The molecule has 0 spiro atoms. The molecule has 108 valence electrons. The molecule has 21 heavy (non-hydrogen) atoms. The van der Waals surface area contributed by atoms with Crippen molar-refractivity contribution < 1.29 is 4.79 Å². The van der Waals surface area contributed by atoms with Gasteiger partial charge in [0, 0.05) is 31.3 Å². The number of aryl methyl sites for hydroxylation is 1. The van der Waals surface area contributed by atoms with Crippen LogP contribution >= 0.6 is 0 Å². The number of benzene rings is 1. The Bertz CT molecular complexity index is 664. The number of aromatic nitrogens is 2. The van der Waals surface area contributed by atoms with E-state index in [-0.39, 0.29) is 11.8 Å². The van der Waals surface area contributed by atoms with Gasteiger partial charge in [-0.15, -0.1) is 0 Å². The molecule has 1 saturated carbocycles. The minimum atomic E-state index is 0.186. The zero-order chi connectivity index (χ0) is 14.4. The van der Waals surface area contributed by atoms with Gasteiger partial charge < -0.3 is 4.90 Å². The van der Waals surface area contributed by atoms with Crippen LogP contribution in [0.25, 0.3) is 0 Å². The van der Waals surface area contributed by atoms with Crippen LogP contribution in [0.15, 0.2) is 36.7 Å². The van der Waals surface area contributed by atoms with Crippen molar-refractivity contribution in [3.8, 4) is 0 Å². The van der Waals surface area contributed by atoms with E-state index < -0.39 is 0 Å². The fraction of sp³-hybridized carbons (Fsp3) is 0.412.